The lowest BCUT2D eigenvalue weighted by Crippen LogP contribution is -2.76. The van der Waals surface area contributed by atoms with Crippen LogP contribution in [0.25, 0.3) is 44.3 Å². The molecular formula is C49H44B2NO+. The summed E-state index contributed by atoms with van der Waals surface area (Å²) in [5.74, 6) is 0. The van der Waals surface area contributed by atoms with Crippen molar-refractivity contribution in [3.05, 3.63) is 160 Å². The molecule has 0 N–H and O–H groups in total. The Hall–Kier alpha value is -5.60. The highest BCUT2D eigenvalue weighted by molar-refractivity contribution is 7.11. The monoisotopic (exact) mass is 696 g/mol. The number of aryl methyl sites for hydroxylation is 8. The van der Waals surface area contributed by atoms with Gasteiger partial charge in [0.1, 0.15) is 18.2 Å². The third kappa shape index (κ3) is 5.14. The molecule has 1 aliphatic heterocycles. The van der Waals surface area contributed by atoms with Gasteiger partial charge in [-0.05, 0) is 76.5 Å². The first-order chi connectivity index (χ1) is 30.5. The van der Waals surface area contributed by atoms with Crippen molar-refractivity contribution in [3.8, 4) is 22.4 Å². The van der Waals surface area contributed by atoms with Crippen LogP contribution in [0.3, 0.4) is 0 Å². The van der Waals surface area contributed by atoms with Gasteiger partial charge in [0.25, 0.3) is 0 Å². The number of nitrogens with zero attached hydrogens (tertiary/aromatic N) is 1. The molecule has 0 saturated heterocycles. The fourth-order valence-corrected chi connectivity index (χ4v) is 8.80. The van der Waals surface area contributed by atoms with Crippen molar-refractivity contribution in [3.63, 3.8) is 0 Å². The Morgan fingerprint density at radius 3 is 1.75 bits per heavy atom. The van der Waals surface area contributed by atoms with Crippen LogP contribution in [0.4, 0.5) is 0 Å². The lowest BCUT2D eigenvalue weighted by Gasteiger charge is -2.35. The van der Waals surface area contributed by atoms with Gasteiger partial charge in [-0.2, -0.15) is 0 Å². The summed E-state index contributed by atoms with van der Waals surface area (Å²) in [5.41, 5.74) is 8.56. The van der Waals surface area contributed by atoms with Crippen LogP contribution in [-0.2, 0) is 7.05 Å². The lowest BCUT2D eigenvalue weighted by molar-refractivity contribution is -0.660. The van der Waals surface area contributed by atoms with Crippen LogP contribution in [0.15, 0.2) is 126 Å². The average molecular weight is 697 g/mol. The summed E-state index contributed by atoms with van der Waals surface area (Å²) in [7, 11) is 1.75. The molecule has 6 aromatic carbocycles. The molecule has 9 rings (SSSR count). The first-order valence-electron chi connectivity index (χ1n) is 23.9. The summed E-state index contributed by atoms with van der Waals surface area (Å²) in [6.07, 6.45) is 1.53. The molecule has 8 aromatic rings. The second-order valence-corrected chi connectivity index (χ2v) is 14.4. The first kappa shape index (κ1) is 22.5. The van der Waals surface area contributed by atoms with E-state index >= 15 is 0 Å². The van der Waals surface area contributed by atoms with Gasteiger partial charge in [-0.25, -0.2) is 4.57 Å². The Labute approximate surface area is 331 Å². The largest absolute Gasteiger partial charge is 0.455 e. The summed E-state index contributed by atoms with van der Waals surface area (Å²) in [4.78, 5) is 0. The van der Waals surface area contributed by atoms with E-state index in [-0.39, 0.29) is 33.4 Å². The van der Waals surface area contributed by atoms with Crippen LogP contribution in [0.1, 0.15) is 55.4 Å². The van der Waals surface area contributed by atoms with E-state index in [1.165, 1.54) is 6.20 Å². The van der Waals surface area contributed by atoms with E-state index in [9.17, 15) is 0 Å². The molecule has 0 saturated carbocycles. The van der Waals surface area contributed by atoms with E-state index in [0.717, 1.165) is 21.8 Å². The van der Waals surface area contributed by atoms with Crippen molar-refractivity contribution < 1.29 is 25.4 Å². The van der Waals surface area contributed by atoms with Gasteiger partial charge in [-0.1, -0.05) is 158 Å². The second kappa shape index (κ2) is 12.5. The van der Waals surface area contributed by atoms with E-state index < -0.39 is 40.8 Å². The second-order valence-electron chi connectivity index (χ2n) is 14.4. The molecule has 1 aliphatic rings. The fourth-order valence-electron chi connectivity index (χ4n) is 8.80. The zero-order valence-corrected chi connectivity index (χ0v) is 30.1. The zero-order valence-electron chi connectivity index (χ0n) is 42.1. The highest BCUT2D eigenvalue weighted by Crippen LogP contribution is 2.38. The smallest absolute Gasteiger partial charge is 0.240 e. The molecule has 0 unspecified atom stereocenters. The molecule has 0 atom stereocenters. The topological polar surface area (TPSA) is 17.0 Å². The molecule has 256 valence electrons. The van der Waals surface area contributed by atoms with E-state index in [1.807, 2.05) is 93.6 Å². The first-order valence-corrected chi connectivity index (χ1v) is 17.9. The van der Waals surface area contributed by atoms with Crippen LogP contribution >= 0.6 is 0 Å². The van der Waals surface area contributed by atoms with Crippen LogP contribution in [0.5, 0.6) is 0 Å². The minimum absolute atomic E-state index is 0.0874. The lowest BCUT2D eigenvalue weighted by atomic mass is 9.20. The highest BCUT2D eigenvalue weighted by atomic mass is 16.3. The van der Waals surface area contributed by atoms with Gasteiger partial charge < -0.3 is 4.42 Å². The Morgan fingerprint density at radius 2 is 1.09 bits per heavy atom. The molecule has 0 aliphatic carbocycles. The number of pyridine rings is 1. The Bertz CT molecular complexity index is 3230. The number of furan rings is 1. The maximum absolute atomic E-state index is 9.14. The minimum atomic E-state index is -2.81. The van der Waals surface area contributed by atoms with E-state index in [0.29, 0.717) is 60.9 Å². The zero-order chi connectivity index (χ0) is 46.7. The maximum atomic E-state index is 9.14. The maximum Gasteiger partial charge on any atom is 0.240 e. The number of aromatic nitrogens is 1. The third-order valence-electron chi connectivity index (χ3n) is 11.3. The number of hydrogen-bond acceptors (Lipinski definition) is 1. The van der Waals surface area contributed by atoms with Crippen LogP contribution in [0, 0.1) is 48.2 Å². The van der Waals surface area contributed by atoms with Crippen molar-refractivity contribution in [1.82, 2.24) is 0 Å². The van der Waals surface area contributed by atoms with E-state index in [2.05, 4.69) is 0 Å². The van der Waals surface area contributed by atoms with Crippen LogP contribution in [-0.4, -0.2) is 13.4 Å². The molecule has 2 nitrogen and oxygen atoms in total. The van der Waals surface area contributed by atoms with Gasteiger partial charge in [0.2, 0.25) is 19.1 Å². The standard InChI is InChI=1S/C49H44B2NO/c1-29-23-24-37-36-19-9-12-22-45(36)53-49(37)46(29)44-27-39(35(7)28-52(44)8)38-26-43-42(25-34(38)6)50(47-30(2)15-13-16-31(47)3)40-20-10-11-21-41(40)51(43)48-32(4)17-14-18-33(48)5/h9-28H,1-8H3/q+1/i2D3,4D3,6D3,7D3. The van der Waals surface area contributed by atoms with Crippen molar-refractivity contribution >= 4 is 68.1 Å². The molecule has 0 spiro atoms. The predicted octanol–water partition coefficient (Wildman–Crippen LogP) is 7.25. The SMILES string of the molecule is [2H]C([2H])([2H])c1cc2c(cc1-c1cc(-c3c(C)ccc4c3oc3ccccc34)[n+](C)cc1C([2H])([2H])[2H])B(c1c(C)cccc1C([2H])([2H])[2H])c1ccccc1B2c1c(C)cccc1C([2H])([2H])[2H]. The van der Waals surface area contributed by atoms with Gasteiger partial charge in [-0.15, -0.1) is 0 Å². The normalized spacial score (nSPS) is 16.8. The number of para-hydroxylation sites is 1. The van der Waals surface area contributed by atoms with Gasteiger partial charge in [0.05, 0.1) is 5.56 Å². The molecule has 0 radical (unpaired) electrons. The molecule has 3 heterocycles. The molecule has 0 amide bonds. The number of rotatable bonds is 4. The molecule has 2 aromatic heterocycles. The Kier molecular flexibility index (Phi) is 5.31. The van der Waals surface area contributed by atoms with Crippen molar-refractivity contribution in [1.29, 1.82) is 0 Å². The average Bonchev–Trinajstić information content (AvgIpc) is 3.60. The van der Waals surface area contributed by atoms with Gasteiger partial charge in [0.15, 0.2) is 6.20 Å². The Morgan fingerprint density at radius 1 is 0.509 bits per heavy atom. The number of benzene rings is 6. The van der Waals surface area contributed by atoms with E-state index in [4.69, 9.17) is 20.9 Å². The highest BCUT2D eigenvalue weighted by Gasteiger charge is 2.41. The molecule has 0 bridgehead atoms. The summed E-state index contributed by atoms with van der Waals surface area (Å²) >= 11 is 0. The van der Waals surface area contributed by atoms with Crippen LogP contribution < -0.4 is 37.3 Å². The van der Waals surface area contributed by atoms with Gasteiger partial charge in [-0.3, -0.25) is 0 Å². The van der Waals surface area contributed by atoms with Crippen molar-refractivity contribution in [2.75, 3.05) is 0 Å². The summed E-state index contributed by atoms with van der Waals surface area (Å²) < 4.78 is 115. The van der Waals surface area contributed by atoms with Crippen LogP contribution in [0.2, 0.25) is 0 Å². The molecule has 4 heteroatoms. The fraction of sp³-hybridized carbons (Fsp3) is 0.163. The molecular weight excluding hydrogens is 640 g/mol. The molecule has 0 fully saturated rings. The minimum Gasteiger partial charge on any atom is -0.455 e. The quantitative estimate of drug-likeness (QED) is 0.140. The van der Waals surface area contributed by atoms with Gasteiger partial charge in [0, 0.05) is 38.9 Å². The van der Waals surface area contributed by atoms with Gasteiger partial charge >= 0.3 is 0 Å². The third-order valence-corrected chi connectivity index (χ3v) is 11.3. The van der Waals surface area contributed by atoms with Crippen molar-refractivity contribution in [2.45, 2.75) is 48.2 Å². The summed E-state index contributed by atoms with van der Waals surface area (Å²) in [6, 6.07) is 34.5. The predicted molar refractivity (Wildman–Crippen MR) is 228 cm³/mol. The van der Waals surface area contributed by atoms with Crippen molar-refractivity contribution in [2.24, 2.45) is 7.05 Å². The number of hydrogen-bond donors (Lipinski definition) is 0. The Balaban J connectivity index is 1.45. The number of fused-ring (bicyclic) bond motifs is 5. The van der Waals surface area contributed by atoms with E-state index in [1.54, 1.807) is 54.1 Å². The summed E-state index contributed by atoms with van der Waals surface area (Å²) in [5, 5.41) is 1.78. The summed E-state index contributed by atoms with van der Waals surface area (Å²) in [6.45, 7) is -6.59. The molecule has 53 heavy (non-hydrogen) atoms.